The Morgan fingerprint density at radius 1 is 1.04 bits per heavy atom. The largest absolute Gasteiger partial charge is 0.333 e. The van der Waals surface area contributed by atoms with Gasteiger partial charge in [0.05, 0.1) is 11.0 Å². The van der Waals surface area contributed by atoms with Crippen molar-refractivity contribution in [3.8, 4) is 0 Å². The molecule has 118 valence electrons. The standard InChI is InChI=1S/C20H22N2O/c1-14(2)22-19-13-16(4)15(3)12-18(19)21(20(22)23)11-10-17-8-6-5-7-9-17/h5-9,12-13H,1,10-11H2,2-4H3. The minimum absolute atomic E-state index is 0.00608. The van der Waals surface area contributed by atoms with E-state index in [-0.39, 0.29) is 5.69 Å². The maximum Gasteiger partial charge on any atom is 0.333 e. The van der Waals surface area contributed by atoms with Crippen LogP contribution in [0.2, 0.25) is 0 Å². The van der Waals surface area contributed by atoms with E-state index >= 15 is 0 Å². The number of hydrogen-bond donors (Lipinski definition) is 0. The van der Waals surface area contributed by atoms with Gasteiger partial charge in [-0.05, 0) is 56.0 Å². The molecule has 0 unspecified atom stereocenters. The van der Waals surface area contributed by atoms with Crippen LogP contribution in [0.15, 0.2) is 53.8 Å². The normalized spacial score (nSPS) is 11.1. The molecule has 0 radical (unpaired) electrons. The average molecular weight is 306 g/mol. The van der Waals surface area contributed by atoms with Gasteiger partial charge in [0.25, 0.3) is 0 Å². The van der Waals surface area contributed by atoms with Crippen molar-refractivity contribution in [2.45, 2.75) is 33.7 Å². The predicted molar refractivity (Wildman–Crippen MR) is 96.8 cm³/mol. The van der Waals surface area contributed by atoms with E-state index in [0.717, 1.165) is 23.2 Å². The van der Waals surface area contributed by atoms with Crippen LogP contribution in [0, 0.1) is 13.8 Å². The summed E-state index contributed by atoms with van der Waals surface area (Å²) in [4.78, 5) is 12.8. The summed E-state index contributed by atoms with van der Waals surface area (Å²) in [5, 5.41) is 0. The van der Waals surface area contributed by atoms with Crippen LogP contribution < -0.4 is 5.69 Å². The zero-order valence-corrected chi connectivity index (χ0v) is 14.0. The summed E-state index contributed by atoms with van der Waals surface area (Å²) in [5.41, 5.74) is 6.29. The number of aromatic nitrogens is 2. The number of fused-ring (bicyclic) bond motifs is 1. The summed E-state index contributed by atoms with van der Waals surface area (Å²) in [6.07, 6.45) is 0.836. The molecule has 0 aliphatic heterocycles. The number of allylic oxidation sites excluding steroid dienone is 1. The summed E-state index contributed by atoms with van der Waals surface area (Å²) >= 11 is 0. The minimum atomic E-state index is -0.00608. The maximum atomic E-state index is 12.8. The van der Waals surface area contributed by atoms with E-state index in [0.29, 0.717) is 6.54 Å². The third kappa shape index (κ3) is 2.74. The van der Waals surface area contributed by atoms with Crippen molar-refractivity contribution < 1.29 is 0 Å². The number of rotatable bonds is 4. The number of nitrogens with zero attached hydrogens (tertiary/aromatic N) is 2. The molecule has 0 fully saturated rings. The molecule has 3 heteroatoms. The van der Waals surface area contributed by atoms with Gasteiger partial charge in [0.2, 0.25) is 0 Å². The van der Waals surface area contributed by atoms with Crippen molar-refractivity contribution in [3.63, 3.8) is 0 Å². The first-order valence-corrected chi connectivity index (χ1v) is 7.91. The van der Waals surface area contributed by atoms with Crippen LogP contribution in [-0.4, -0.2) is 9.13 Å². The van der Waals surface area contributed by atoms with Crippen molar-refractivity contribution in [1.29, 1.82) is 0 Å². The fraction of sp³-hybridized carbons (Fsp3) is 0.250. The zero-order valence-electron chi connectivity index (χ0n) is 14.0. The lowest BCUT2D eigenvalue weighted by Crippen LogP contribution is -2.23. The topological polar surface area (TPSA) is 26.9 Å². The second-order valence-electron chi connectivity index (χ2n) is 6.17. The quantitative estimate of drug-likeness (QED) is 0.711. The van der Waals surface area contributed by atoms with Gasteiger partial charge in [-0.25, -0.2) is 4.79 Å². The number of hydrogen-bond acceptors (Lipinski definition) is 1. The van der Waals surface area contributed by atoms with Crippen LogP contribution >= 0.6 is 0 Å². The first-order chi connectivity index (χ1) is 11.0. The van der Waals surface area contributed by atoms with E-state index in [2.05, 4.69) is 44.7 Å². The van der Waals surface area contributed by atoms with Crippen molar-refractivity contribution in [3.05, 3.63) is 76.2 Å². The van der Waals surface area contributed by atoms with E-state index in [9.17, 15) is 4.79 Å². The Morgan fingerprint density at radius 2 is 1.65 bits per heavy atom. The van der Waals surface area contributed by atoms with Gasteiger partial charge in [-0.1, -0.05) is 36.9 Å². The summed E-state index contributed by atoms with van der Waals surface area (Å²) in [5.74, 6) is 0. The molecule has 0 saturated heterocycles. The van der Waals surface area contributed by atoms with Gasteiger partial charge in [0.1, 0.15) is 0 Å². The molecule has 3 aromatic rings. The average Bonchev–Trinajstić information content (AvgIpc) is 2.78. The highest BCUT2D eigenvalue weighted by molar-refractivity contribution is 5.81. The highest BCUT2D eigenvalue weighted by atomic mass is 16.1. The Hall–Kier alpha value is -2.55. The first kappa shape index (κ1) is 15.3. The molecular formula is C20H22N2O. The van der Waals surface area contributed by atoms with E-state index in [4.69, 9.17) is 0 Å². The van der Waals surface area contributed by atoms with E-state index in [1.807, 2.05) is 29.7 Å². The van der Waals surface area contributed by atoms with Crippen LogP contribution in [0.3, 0.4) is 0 Å². The van der Waals surface area contributed by atoms with Gasteiger partial charge in [0.15, 0.2) is 0 Å². The Bertz CT molecular complexity index is 930. The third-order valence-electron chi connectivity index (χ3n) is 4.39. The van der Waals surface area contributed by atoms with Crippen LogP contribution in [0.25, 0.3) is 16.7 Å². The van der Waals surface area contributed by atoms with Crippen molar-refractivity contribution in [1.82, 2.24) is 9.13 Å². The summed E-state index contributed by atoms with van der Waals surface area (Å²) in [6, 6.07) is 14.5. The second kappa shape index (κ2) is 5.92. The van der Waals surface area contributed by atoms with E-state index < -0.39 is 0 Å². The van der Waals surface area contributed by atoms with Crippen molar-refractivity contribution in [2.24, 2.45) is 0 Å². The predicted octanol–water partition coefficient (Wildman–Crippen LogP) is 4.15. The molecule has 23 heavy (non-hydrogen) atoms. The summed E-state index contributed by atoms with van der Waals surface area (Å²) in [6.45, 7) is 10.7. The van der Waals surface area contributed by atoms with Crippen LogP contribution in [-0.2, 0) is 13.0 Å². The molecule has 1 aromatic heterocycles. The Kier molecular flexibility index (Phi) is 3.95. The maximum absolute atomic E-state index is 12.8. The zero-order chi connectivity index (χ0) is 16.6. The van der Waals surface area contributed by atoms with E-state index in [1.54, 1.807) is 4.57 Å². The lowest BCUT2D eigenvalue weighted by atomic mass is 10.1. The molecule has 0 atom stereocenters. The lowest BCUT2D eigenvalue weighted by molar-refractivity contribution is 0.680. The molecule has 0 bridgehead atoms. The van der Waals surface area contributed by atoms with Crippen LogP contribution in [0.4, 0.5) is 0 Å². The molecule has 0 aliphatic rings. The Labute approximate surface area is 136 Å². The summed E-state index contributed by atoms with van der Waals surface area (Å²) < 4.78 is 3.58. The number of aryl methyl sites for hydroxylation is 4. The van der Waals surface area contributed by atoms with Gasteiger partial charge < -0.3 is 0 Å². The van der Waals surface area contributed by atoms with Gasteiger partial charge in [-0.2, -0.15) is 0 Å². The van der Waals surface area contributed by atoms with Crippen LogP contribution in [0.5, 0.6) is 0 Å². The van der Waals surface area contributed by atoms with Gasteiger partial charge in [0, 0.05) is 12.2 Å². The highest BCUT2D eigenvalue weighted by Crippen LogP contribution is 2.21. The molecule has 0 saturated carbocycles. The smallest absolute Gasteiger partial charge is 0.291 e. The molecule has 0 N–H and O–H groups in total. The SMILES string of the molecule is C=C(C)n1c(=O)n(CCc2ccccc2)c2cc(C)c(C)cc21. The lowest BCUT2D eigenvalue weighted by Gasteiger charge is -2.05. The fourth-order valence-electron chi connectivity index (χ4n) is 2.98. The second-order valence-corrected chi connectivity index (χ2v) is 6.17. The number of imidazole rings is 1. The number of benzene rings is 2. The molecule has 0 amide bonds. The minimum Gasteiger partial charge on any atom is -0.291 e. The Morgan fingerprint density at radius 3 is 2.26 bits per heavy atom. The monoisotopic (exact) mass is 306 g/mol. The van der Waals surface area contributed by atoms with Crippen molar-refractivity contribution in [2.75, 3.05) is 0 Å². The first-order valence-electron chi connectivity index (χ1n) is 7.91. The highest BCUT2D eigenvalue weighted by Gasteiger charge is 2.14. The van der Waals surface area contributed by atoms with Crippen LogP contribution in [0.1, 0.15) is 23.6 Å². The molecular weight excluding hydrogens is 284 g/mol. The molecule has 3 rings (SSSR count). The van der Waals surface area contributed by atoms with Gasteiger partial charge >= 0.3 is 5.69 Å². The fourth-order valence-corrected chi connectivity index (χ4v) is 2.98. The molecule has 3 nitrogen and oxygen atoms in total. The molecule has 2 aromatic carbocycles. The van der Waals surface area contributed by atoms with E-state index in [1.165, 1.54) is 16.7 Å². The van der Waals surface area contributed by atoms with Gasteiger partial charge in [-0.15, -0.1) is 0 Å². The Balaban J connectivity index is 2.12. The van der Waals surface area contributed by atoms with Crippen molar-refractivity contribution >= 4 is 16.7 Å². The molecule has 1 heterocycles. The third-order valence-corrected chi connectivity index (χ3v) is 4.39. The summed E-state index contributed by atoms with van der Waals surface area (Å²) in [7, 11) is 0. The van der Waals surface area contributed by atoms with Gasteiger partial charge in [-0.3, -0.25) is 9.13 Å². The molecule has 0 spiro atoms. The molecule has 0 aliphatic carbocycles.